The minimum atomic E-state index is -0.552. The molecule has 1 saturated carbocycles. The number of aromatic nitrogens is 5. The van der Waals surface area contributed by atoms with Gasteiger partial charge in [0.25, 0.3) is 5.91 Å². The molecule has 9 nitrogen and oxygen atoms in total. The molecule has 5 heterocycles. The molecular weight excluding hydrogens is 415 g/mol. The molecule has 170 valence electrons. The second-order valence-electron chi connectivity index (χ2n) is 9.41. The molecule has 32 heavy (non-hydrogen) atoms. The first-order chi connectivity index (χ1) is 15.2. The minimum Gasteiger partial charge on any atom is -0.474 e. The number of carbonyl (C=O) groups is 1. The molecule has 0 spiro atoms. The first-order valence-corrected chi connectivity index (χ1v) is 10.9. The van der Waals surface area contributed by atoms with Crippen molar-refractivity contribution < 1.29 is 18.7 Å². The maximum atomic E-state index is 13.6. The Morgan fingerprint density at radius 2 is 2.00 bits per heavy atom. The SMILES string of the molecule is CC(C)Oc1nc2nc(C34CCC(C)(CC3)OC4)cn2cc1C(=O)Nc1cc(F)n(C)n1. The van der Waals surface area contributed by atoms with Crippen LogP contribution in [-0.2, 0) is 17.2 Å². The molecule has 3 fully saturated rings. The van der Waals surface area contributed by atoms with Crippen LogP contribution in [0.1, 0.15) is 62.5 Å². The molecule has 1 aliphatic carbocycles. The van der Waals surface area contributed by atoms with Crippen LogP contribution in [0.25, 0.3) is 5.78 Å². The average molecular weight is 442 g/mol. The summed E-state index contributed by atoms with van der Waals surface area (Å²) in [4.78, 5) is 22.3. The fourth-order valence-electron chi connectivity index (χ4n) is 4.51. The maximum absolute atomic E-state index is 13.6. The zero-order valence-electron chi connectivity index (χ0n) is 18.7. The quantitative estimate of drug-likeness (QED) is 0.652. The number of nitrogens with one attached hydrogen (secondary N) is 1. The van der Waals surface area contributed by atoms with Gasteiger partial charge >= 0.3 is 0 Å². The Labute approximate surface area is 184 Å². The molecule has 0 aromatic carbocycles. The lowest BCUT2D eigenvalue weighted by Gasteiger charge is -2.51. The maximum Gasteiger partial charge on any atom is 0.263 e. The van der Waals surface area contributed by atoms with E-state index in [9.17, 15) is 9.18 Å². The first kappa shape index (κ1) is 20.9. The monoisotopic (exact) mass is 442 g/mol. The van der Waals surface area contributed by atoms with Crippen molar-refractivity contribution >= 4 is 17.5 Å². The number of imidazole rings is 1. The largest absolute Gasteiger partial charge is 0.474 e. The van der Waals surface area contributed by atoms with Gasteiger partial charge in [0, 0.05) is 30.9 Å². The smallest absolute Gasteiger partial charge is 0.263 e. The van der Waals surface area contributed by atoms with Gasteiger partial charge in [-0.15, -0.1) is 0 Å². The van der Waals surface area contributed by atoms with Crippen LogP contribution in [0.3, 0.4) is 0 Å². The van der Waals surface area contributed by atoms with Crippen molar-refractivity contribution in [1.29, 1.82) is 0 Å². The minimum absolute atomic E-state index is 0.0202. The lowest BCUT2D eigenvalue weighted by molar-refractivity contribution is -0.146. The summed E-state index contributed by atoms with van der Waals surface area (Å²) in [6, 6.07) is 1.15. The number of aryl methyl sites for hydroxylation is 1. The summed E-state index contributed by atoms with van der Waals surface area (Å²) in [5, 5.41) is 6.55. The third kappa shape index (κ3) is 3.52. The highest BCUT2D eigenvalue weighted by atomic mass is 19.1. The number of amides is 1. The van der Waals surface area contributed by atoms with Gasteiger partial charge in [-0.25, -0.2) is 9.67 Å². The first-order valence-electron chi connectivity index (χ1n) is 10.9. The average Bonchev–Trinajstić information content (AvgIpc) is 3.30. The van der Waals surface area contributed by atoms with Crippen molar-refractivity contribution in [2.45, 2.75) is 63.6 Å². The molecule has 10 heteroatoms. The number of hydrogen-bond donors (Lipinski definition) is 1. The van der Waals surface area contributed by atoms with E-state index in [2.05, 4.69) is 22.3 Å². The number of hydrogen-bond acceptors (Lipinski definition) is 6. The van der Waals surface area contributed by atoms with Crippen molar-refractivity contribution in [3.05, 3.63) is 35.7 Å². The van der Waals surface area contributed by atoms with Crippen LogP contribution in [0.2, 0.25) is 0 Å². The Hall–Kier alpha value is -3.01. The Morgan fingerprint density at radius 1 is 1.25 bits per heavy atom. The highest BCUT2D eigenvalue weighted by molar-refractivity contribution is 6.05. The zero-order chi connectivity index (χ0) is 22.7. The predicted octanol–water partition coefficient (Wildman–Crippen LogP) is 3.24. The van der Waals surface area contributed by atoms with Crippen molar-refractivity contribution in [2.24, 2.45) is 7.05 Å². The molecule has 0 radical (unpaired) electrons. The lowest BCUT2D eigenvalue weighted by Crippen LogP contribution is -2.51. The Morgan fingerprint density at radius 3 is 2.59 bits per heavy atom. The summed E-state index contributed by atoms with van der Waals surface area (Å²) in [6.45, 7) is 6.53. The summed E-state index contributed by atoms with van der Waals surface area (Å²) in [5.41, 5.74) is 0.993. The zero-order valence-corrected chi connectivity index (χ0v) is 18.7. The highest BCUT2D eigenvalue weighted by Gasteiger charge is 2.49. The molecule has 0 unspecified atom stereocenters. The van der Waals surface area contributed by atoms with Gasteiger partial charge in [-0.2, -0.15) is 14.5 Å². The van der Waals surface area contributed by atoms with Gasteiger partial charge in [0.2, 0.25) is 17.6 Å². The van der Waals surface area contributed by atoms with E-state index in [0.717, 1.165) is 42.1 Å². The van der Waals surface area contributed by atoms with Crippen molar-refractivity contribution in [3.8, 4) is 5.88 Å². The van der Waals surface area contributed by atoms with Gasteiger partial charge in [-0.1, -0.05) is 0 Å². The normalized spacial score (nSPS) is 24.9. The Balaban J connectivity index is 1.51. The van der Waals surface area contributed by atoms with E-state index in [0.29, 0.717) is 12.4 Å². The number of anilines is 1. The molecule has 1 amide bonds. The van der Waals surface area contributed by atoms with Gasteiger partial charge < -0.3 is 14.8 Å². The molecule has 2 bridgehead atoms. The second kappa shape index (κ2) is 7.26. The number of fused-ring (bicyclic) bond motifs is 4. The Kier molecular flexibility index (Phi) is 4.74. The predicted molar refractivity (Wildman–Crippen MR) is 114 cm³/mol. The number of nitrogens with zero attached hydrogens (tertiary/aromatic N) is 5. The van der Waals surface area contributed by atoms with Crippen molar-refractivity contribution in [1.82, 2.24) is 24.1 Å². The molecule has 2 saturated heterocycles. The van der Waals surface area contributed by atoms with Gasteiger partial charge in [-0.3, -0.25) is 9.20 Å². The molecule has 0 atom stereocenters. The topological polar surface area (TPSA) is 95.6 Å². The van der Waals surface area contributed by atoms with E-state index in [4.69, 9.17) is 14.5 Å². The van der Waals surface area contributed by atoms with Gasteiger partial charge in [-0.05, 0) is 46.5 Å². The fourth-order valence-corrected chi connectivity index (χ4v) is 4.51. The third-order valence-corrected chi connectivity index (χ3v) is 6.57. The summed E-state index contributed by atoms with van der Waals surface area (Å²) >= 11 is 0. The fraction of sp³-hybridized carbons (Fsp3) is 0.545. The molecule has 6 rings (SSSR count). The van der Waals surface area contributed by atoms with Crippen LogP contribution in [0.4, 0.5) is 10.2 Å². The van der Waals surface area contributed by atoms with E-state index < -0.39 is 11.9 Å². The molecule has 2 aliphatic heterocycles. The van der Waals surface area contributed by atoms with E-state index in [-0.39, 0.29) is 34.4 Å². The highest BCUT2D eigenvalue weighted by Crippen LogP contribution is 2.49. The number of ether oxygens (including phenoxy) is 2. The standard InChI is InChI=1S/C22H27FN6O3/c1-13(2)32-19-14(18(30)25-17-9-16(23)28(4)27-17)10-29-11-15(24-20(29)26-19)22-7-5-21(3,6-8-22)31-12-22/h9-11,13H,5-8,12H2,1-4H3,(H,25,27,30). The summed E-state index contributed by atoms with van der Waals surface area (Å²) in [6.07, 6.45) is 7.42. The van der Waals surface area contributed by atoms with E-state index in [1.165, 1.54) is 7.05 Å². The Bertz CT molecular complexity index is 1160. The molecule has 3 aromatic heterocycles. The lowest BCUT2D eigenvalue weighted by atomic mass is 9.65. The molecular formula is C22H27FN6O3. The number of rotatable bonds is 5. The number of carbonyl (C=O) groups excluding carboxylic acids is 1. The van der Waals surface area contributed by atoms with E-state index >= 15 is 0 Å². The van der Waals surface area contributed by atoms with Crippen LogP contribution < -0.4 is 10.1 Å². The van der Waals surface area contributed by atoms with Crippen LogP contribution in [0, 0.1) is 5.95 Å². The molecule has 1 N–H and O–H groups in total. The van der Waals surface area contributed by atoms with Crippen LogP contribution in [0.15, 0.2) is 18.5 Å². The second-order valence-corrected chi connectivity index (χ2v) is 9.41. The van der Waals surface area contributed by atoms with Crippen molar-refractivity contribution in [3.63, 3.8) is 0 Å². The van der Waals surface area contributed by atoms with E-state index in [1.54, 1.807) is 10.6 Å². The van der Waals surface area contributed by atoms with Gasteiger partial charge in [0.05, 0.1) is 24.0 Å². The van der Waals surface area contributed by atoms with Crippen molar-refractivity contribution in [2.75, 3.05) is 11.9 Å². The van der Waals surface area contributed by atoms with Crippen LogP contribution in [-0.4, -0.2) is 48.4 Å². The van der Waals surface area contributed by atoms with Crippen LogP contribution in [0.5, 0.6) is 5.88 Å². The molecule has 3 aliphatic rings. The summed E-state index contributed by atoms with van der Waals surface area (Å²) < 4.78 is 28.4. The summed E-state index contributed by atoms with van der Waals surface area (Å²) in [7, 11) is 1.46. The van der Waals surface area contributed by atoms with Gasteiger partial charge in [0.15, 0.2) is 5.82 Å². The summed E-state index contributed by atoms with van der Waals surface area (Å²) in [5.74, 6) is -0.294. The number of halogens is 1. The third-order valence-electron chi connectivity index (χ3n) is 6.57. The van der Waals surface area contributed by atoms with E-state index in [1.807, 2.05) is 20.0 Å². The molecule has 3 aromatic rings. The van der Waals surface area contributed by atoms with Gasteiger partial charge in [0.1, 0.15) is 5.56 Å². The van der Waals surface area contributed by atoms with Crippen LogP contribution >= 0.6 is 0 Å².